The molecule has 0 heterocycles. The van der Waals surface area contributed by atoms with Crippen LogP contribution in [0.5, 0.6) is 11.5 Å². The highest BCUT2D eigenvalue weighted by atomic mass is 16.5. The molecule has 0 N–H and O–H groups in total. The van der Waals surface area contributed by atoms with Gasteiger partial charge >= 0.3 is 0 Å². The Balaban J connectivity index is 1.94. The molecule has 0 atom stereocenters. The lowest BCUT2D eigenvalue weighted by molar-refractivity contribution is 0.394. The van der Waals surface area contributed by atoms with E-state index in [1.165, 1.54) is 27.8 Å². The monoisotopic (exact) mass is 342 g/mol. The van der Waals surface area contributed by atoms with E-state index < -0.39 is 0 Å². The molecule has 1 aliphatic carbocycles. The van der Waals surface area contributed by atoms with Crippen LogP contribution in [0.2, 0.25) is 0 Å². The third-order valence-corrected chi connectivity index (χ3v) is 4.96. The smallest absolute Gasteiger partial charge is 0.123 e. The molecule has 0 spiro atoms. The Morgan fingerprint density at radius 1 is 0.692 bits per heavy atom. The average molecular weight is 342 g/mol. The van der Waals surface area contributed by atoms with Crippen LogP contribution in [-0.2, 0) is 12.8 Å². The molecule has 0 radical (unpaired) electrons. The Bertz CT molecular complexity index is 898. The minimum Gasteiger partial charge on any atom is -0.497 e. The second-order valence-corrected chi connectivity index (χ2v) is 6.52. The van der Waals surface area contributed by atoms with Crippen LogP contribution in [0.4, 0.5) is 0 Å². The van der Waals surface area contributed by atoms with E-state index in [9.17, 15) is 0 Å². The largest absolute Gasteiger partial charge is 0.497 e. The Labute approximate surface area is 154 Å². The molecular formula is C24H22O2. The van der Waals surface area contributed by atoms with Crippen LogP contribution in [0.15, 0.2) is 66.7 Å². The molecule has 0 amide bonds. The molecule has 4 rings (SSSR count). The first-order valence-corrected chi connectivity index (χ1v) is 8.90. The number of aryl methyl sites for hydroxylation is 2. The summed E-state index contributed by atoms with van der Waals surface area (Å²) < 4.78 is 10.9. The van der Waals surface area contributed by atoms with Crippen LogP contribution < -0.4 is 9.47 Å². The van der Waals surface area contributed by atoms with Crippen molar-refractivity contribution < 1.29 is 9.47 Å². The highest BCUT2D eigenvalue weighted by Gasteiger charge is 2.17. The van der Waals surface area contributed by atoms with Gasteiger partial charge in [-0.25, -0.2) is 0 Å². The molecule has 0 aromatic heterocycles. The number of ether oxygens (including phenoxy) is 2. The van der Waals surface area contributed by atoms with Gasteiger partial charge < -0.3 is 9.47 Å². The molecule has 130 valence electrons. The quantitative estimate of drug-likeness (QED) is 0.635. The van der Waals surface area contributed by atoms with Crippen molar-refractivity contribution in [1.82, 2.24) is 0 Å². The fourth-order valence-electron chi connectivity index (χ4n) is 3.65. The SMILES string of the molecule is COc1cc(C=C2c3ccccc3CCc3ccccc32)cc(OC)c1. The molecule has 0 fully saturated rings. The maximum atomic E-state index is 5.44. The first-order valence-electron chi connectivity index (χ1n) is 8.90. The van der Waals surface area contributed by atoms with E-state index in [2.05, 4.69) is 54.6 Å². The maximum absolute atomic E-state index is 5.44. The van der Waals surface area contributed by atoms with E-state index in [1.807, 2.05) is 18.2 Å². The normalized spacial score (nSPS) is 12.6. The molecule has 2 nitrogen and oxygen atoms in total. The van der Waals surface area contributed by atoms with E-state index in [0.717, 1.165) is 29.9 Å². The summed E-state index contributed by atoms with van der Waals surface area (Å²) in [5.41, 5.74) is 7.72. The first-order chi connectivity index (χ1) is 12.8. The molecule has 0 unspecified atom stereocenters. The number of methoxy groups -OCH3 is 2. The zero-order chi connectivity index (χ0) is 17.9. The second kappa shape index (κ2) is 7.09. The predicted molar refractivity (Wildman–Crippen MR) is 107 cm³/mol. The van der Waals surface area contributed by atoms with Gasteiger partial charge in [0.2, 0.25) is 0 Å². The third kappa shape index (κ3) is 3.11. The van der Waals surface area contributed by atoms with Crippen LogP contribution in [0, 0.1) is 0 Å². The van der Waals surface area contributed by atoms with E-state index in [4.69, 9.17) is 9.47 Å². The molecule has 26 heavy (non-hydrogen) atoms. The van der Waals surface area contributed by atoms with Gasteiger partial charge in [0.25, 0.3) is 0 Å². The highest BCUT2D eigenvalue weighted by molar-refractivity contribution is 5.94. The summed E-state index contributed by atoms with van der Waals surface area (Å²) in [6, 6.07) is 23.4. The summed E-state index contributed by atoms with van der Waals surface area (Å²) in [6.45, 7) is 0. The lowest BCUT2D eigenvalue weighted by Crippen LogP contribution is -1.93. The lowest BCUT2D eigenvalue weighted by atomic mass is 9.92. The summed E-state index contributed by atoms with van der Waals surface area (Å²) in [5, 5.41) is 0. The maximum Gasteiger partial charge on any atom is 0.123 e. The fraction of sp³-hybridized carbons (Fsp3) is 0.167. The summed E-state index contributed by atoms with van der Waals surface area (Å²) in [7, 11) is 3.36. The van der Waals surface area contributed by atoms with Gasteiger partial charge in [-0.3, -0.25) is 0 Å². The Hall–Kier alpha value is -3.00. The lowest BCUT2D eigenvalue weighted by Gasteiger charge is -2.13. The minimum atomic E-state index is 0.798. The van der Waals surface area contributed by atoms with Gasteiger partial charge in [-0.15, -0.1) is 0 Å². The predicted octanol–water partition coefficient (Wildman–Crippen LogP) is 5.39. The van der Waals surface area contributed by atoms with Crippen LogP contribution in [-0.4, -0.2) is 14.2 Å². The van der Waals surface area contributed by atoms with Crippen molar-refractivity contribution in [1.29, 1.82) is 0 Å². The molecule has 2 heteroatoms. The van der Waals surface area contributed by atoms with Crippen molar-refractivity contribution in [2.75, 3.05) is 14.2 Å². The molecule has 0 bridgehead atoms. The zero-order valence-corrected chi connectivity index (χ0v) is 15.2. The van der Waals surface area contributed by atoms with Crippen molar-refractivity contribution in [2.24, 2.45) is 0 Å². The Morgan fingerprint density at radius 3 is 1.69 bits per heavy atom. The van der Waals surface area contributed by atoms with E-state index in [-0.39, 0.29) is 0 Å². The van der Waals surface area contributed by atoms with Gasteiger partial charge in [0.1, 0.15) is 11.5 Å². The molecule has 3 aromatic rings. The van der Waals surface area contributed by atoms with Crippen molar-refractivity contribution in [3.05, 3.63) is 94.5 Å². The van der Waals surface area contributed by atoms with Crippen LogP contribution >= 0.6 is 0 Å². The molecule has 1 aliphatic rings. The first kappa shape index (κ1) is 16.5. The average Bonchev–Trinajstić information content (AvgIpc) is 2.85. The van der Waals surface area contributed by atoms with Crippen LogP contribution in [0.25, 0.3) is 11.6 Å². The Morgan fingerprint density at radius 2 is 1.19 bits per heavy atom. The third-order valence-electron chi connectivity index (χ3n) is 4.96. The van der Waals surface area contributed by atoms with Crippen molar-refractivity contribution in [3.8, 4) is 11.5 Å². The standard InChI is InChI=1S/C24H22O2/c1-25-20-13-17(14-21(16-20)26-2)15-24-22-9-5-3-7-18(22)11-12-19-8-4-6-10-23(19)24/h3-10,13-16H,11-12H2,1-2H3. The second-order valence-electron chi connectivity index (χ2n) is 6.52. The van der Waals surface area contributed by atoms with Gasteiger partial charge in [-0.05, 0) is 64.4 Å². The number of rotatable bonds is 3. The zero-order valence-electron chi connectivity index (χ0n) is 15.2. The van der Waals surface area contributed by atoms with Crippen molar-refractivity contribution in [2.45, 2.75) is 12.8 Å². The number of benzene rings is 3. The van der Waals surface area contributed by atoms with Gasteiger partial charge in [0.15, 0.2) is 0 Å². The van der Waals surface area contributed by atoms with E-state index >= 15 is 0 Å². The number of fused-ring (bicyclic) bond motifs is 2. The van der Waals surface area contributed by atoms with Crippen molar-refractivity contribution in [3.63, 3.8) is 0 Å². The number of hydrogen-bond acceptors (Lipinski definition) is 2. The molecule has 0 saturated carbocycles. The number of hydrogen-bond donors (Lipinski definition) is 0. The summed E-state index contributed by atoms with van der Waals surface area (Å²) in [4.78, 5) is 0. The van der Waals surface area contributed by atoms with Gasteiger partial charge in [0, 0.05) is 6.07 Å². The van der Waals surface area contributed by atoms with Crippen LogP contribution in [0.3, 0.4) is 0 Å². The van der Waals surface area contributed by atoms with Gasteiger partial charge in [0.05, 0.1) is 14.2 Å². The van der Waals surface area contributed by atoms with E-state index in [1.54, 1.807) is 14.2 Å². The highest BCUT2D eigenvalue weighted by Crippen LogP contribution is 2.35. The van der Waals surface area contributed by atoms with Gasteiger partial charge in [-0.1, -0.05) is 48.5 Å². The minimum absolute atomic E-state index is 0.798. The summed E-state index contributed by atoms with van der Waals surface area (Å²) in [5.74, 6) is 1.60. The Kier molecular flexibility index (Phi) is 4.49. The molecule has 0 aliphatic heterocycles. The van der Waals surface area contributed by atoms with E-state index in [0.29, 0.717) is 0 Å². The van der Waals surface area contributed by atoms with Crippen LogP contribution in [0.1, 0.15) is 27.8 Å². The fourth-order valence-corrected chi connectivity index (χ4v) is 3.65. The topological polar surface area (TPSA) is 18.5 Å². The molecule has 3 aromatic carbocycles. The molecular weight excluding hydrogens is 320 g/mol. The van der Waals surface area contributed by atoms with Gasteiger partial charge in [-0.2, -0.15) is 0 Å². The summed E-state index contributed by atoms with van der Waals surface area (Å²) in [6.07, 6.45) is 4.37. The molecule has 0 saturated heterocycles. The summed E-state index contributed by atoms with van der Waals surface area (Å²) >= 11 is 0. The van der Waals surface area contributed by atoms with Crippen molar-refractivity contribution >= 4 is 11.6 Å².